The van der Waals surface area contributed by atoms with Gasteiger partial charge in [-0.2, -0.15) is 0 Å². The van der Waals surface area contributed by atoms with Gasteiger partial charge in [0.1, 0.15) is 5.82 Å². The zero-order valence-corrected chi connectivity index (χ0v) is 10.7. The summed E-state index contributed by atoms with van der Waals surface area (Å²) in [5.74, 6) is 1.54. The van der Waals surface area contributed by atoms with E-state index in [-0.39, 0.29) is 0 Å². The number of aromatic nitrogens is 2. The molecule has 1 aromatic rings. The maximum Gasteiger partial charge on any atom is 0.144 e. The Morgan fingerprint density at radius 2 is 2.12 bits per heavy atom. The molecule has 0 aliphatic heterocycles. The fourth-order valence-corrected chi connectivity index (χ4v) is 1.57. The van der Waals surface area contributed by atoms with Gasteiger partial charge in [-0.3, -0.25) is 4.98 Å². The molecule has 1 heterocycles. The number of anilines is 1. The predicted octanol–water partition coefficient (Wildman–Crippen LogP) is 2.00. The van der Waals surface area contributed by atoms with Crippen molar-refractivity contribution in [3.05, 3.63) is 18.1 Å². The van der Waals surface area contributed by atoms with Gasteiger partial charge in [-0.1, -0.05) is 20.3 Å². The summed E-state index contributed by atoms with van der Waals surface area (Å²) >= 11 is 0. The molecule has 0 amide bonds. The van der Waals surface area contributed by atoms with Crippen LogP contribution >= 0.6 is 0 Å². The van der Waals surface area contributed by atoms with Crippen molar-refractivity contribution in [2.24, 2.45) is 5.92 Å². The van der Waals surface area contributed by atoms with Crippen LogP contribution in [0.4, 0.5) is 5.82 Å². The van der Waals surface area contributed by atoms with Crippen LogP contribution in [0.15, 0.2) is 12.4 Å². The third-order valence-electron chi connectivity index (χ3n) is 2.71. The molecule has 0 fully saturated rings. The molecule has 0 radical (unpaired) electrons. The molecular formula is C12H22N4. The maximum atomic E-state index is 4.36. The van der Waals surface area contributed by atoms with Crippen molar-refractivity contribution in [2.75, 3.05) is 26.0 Å². The van der Waals surface area contributed by atoms with E-state index in [1.165, 1.54) is 6.42 Å². The fraction of sp³-hybridized carbons (Fsp3) is 0.667. The maximum absolute atomic E-state index is 4.36. The van der Waals surface area contributed by atoms with Gasteiger partial charge in [0, 0.05) is 20.1 Å². The summed E-state index contributed by atoms with van der Waals surface area (Å²) in [6.45, 7) is 6.46. The van der Waals surface area contributed by atoms with E-state index in [1.54, 1.807) is 6.20 Å². The van der Waals surface area contributed by atoms with Gasteiger partial charge in [-0.25, -0.2) is 4.98 Å². The first-order chi connectivity index (χ1) is 7.65. The lowest BCUT2D eigenvalue weighted by Gasteiger charge is -2.19. The smallest absolute Gasteiger partial charge is 0.144 e. The van der Waals surface area contributed by atoms with Crippen LogP contribution in [-0.2, 0) is 6.54 Å². The lowest BCUT2D eigenvalue weighted by atomic mass is 10.1. The zero-order chi connectivity index (χ0) is 12.0. The van der Waals surface area contributed by atoms with E-state index >= 15 is 0 Å². The molecule has 0 spiro atoms. The Balaban J connectivity index is 2.46. The van der Waals surface area contributed by atoms with Gasteiger partial charge < -0.3 is 10.2 Å². The molecule has 90 valence electrons. The van der Waals surface area contributed by atoms with Gasteiger partial charge in [0.25, 0.3) is 0 Å². The van der Waals surface area contributed by atoms with Crippen molar-refractivity contribution in [2.45, 2.75) is 26.8 Å². The van der Waals surface area contributed by atoms with Gasteiger partial charge in [-0.05, 0) is 13.0 Å². The Morgan fingerprint density at radius 3 is 2.62 bits per heavy atom. The number of nitrogens with zero attached hydrogens (tertiary/aromatic N) is 3. The molecule has 0 aliphatic rings. The fourth-order valence-electron chi connectivity index (χ4n) is 1.57. The summed E-state index contributed by atoms with van der Waals surface area (Å²) in [6.07, 6.45) is 4.82. The number of hydrogen-bond acceptors (Lipinski definition) is 4. The third kappa shape index (κ3) is 4.14. The van der Waals surface area contributed by atoms with E-state index in [9.17, 15) is 0 Å². The average molecular weight is 222 g/mol. The Hall–Kier alpha value is -1.16. The molecule has 0 bridgehead atoms. The highest BCUT2D eigenvalue weighted by Crippen LogP contribution is 2.06. The second-order valence-electron chi connectivity index (χ2n) is 4.35. The molecule has 4 heteroatoms. The molecule has 1 aromatic heterocycles. The van der Waals surface area contributed by atoms with E-state index in [0.717, 1.165) is 30.5 Å². The first kappa shape index (κ1) is 12.9. The predicted molar refractivity (Wildman–Crippen MR) is 67.4 cm³/mol. The molecule has 0 aromatic carbocycles. The summed E-state index contributed by atoms with van der Waals surface area (Å²) in [5.41, 5.74) is 1.02. The molecule has 1 unspecified atom stereocenters. The van der Waals surface area contributed by atoms with Crippen LogP contribution in [0.5, 0.6) is 0 Å². The van der Waals surface area contributed by atoms with E-state index in [1.807, 2.05) is 13.2 Å². The highest BCUT2D eigenvalue weighted by Gasteiger charge is 2.06. The van der Waals surface area contributed by atoms with E-state index in [2.05, 4.69) is 41.1 Å². The molecule has 0 aliphatic carbocycles. The van der Waals surface area contributed by atoms with Gasteiger partial charge in [0.15, 0.2) is 0 Å². The summed E-state index contributed by atoms with van der Waals surface area (Å²) < 4.78 is 0. The van der Waals surface area contributed by atoms with Crippen molar-refractivity contribution in [3.63, 3.8) is 0 Å². The second kappa shape index (κ2) is 6.43. The summed E-state index contributed by atoms with van der Waals surface area (Å²) in [6, 6.07) is 0. The second-order valence-corrected chi connectivity index (χ2v) is 4.35. The van der Waals surface area contributed by atoms with Crippen molar-refractivity contribution in [1.29, 1.82) is 0 Å². The topological polar surface area (TPSA) is 41.1 Å². The minimum absolute atomic E-state index is 0.731. The van der Waals surface area contributed by atoms with Crippen molar-refractivity contribution in [3.8, 4) is 0 Å². The van der Waals surface area contributed by atoms with Gasteiger partial charge in [0.05, 0.1) is 18.1 Å². The molecule has 0 saturated heterocycles. The Morgan fingerprint density at radius 1 is 1.38 bits per heavy atom. The Bertz CT molecular complexity index is 296. The van der Waals surface area contributed by atoms with Crippen LogP contribution in [0.1, 0.15) is 26.0 Å². The minimum Gasteiger partial charge on any atom is -0.372 e. The summed E-state index contributed by atoms with van der Waals surface area (Å²) in [4.78, 5) is 10.9. The normalized spacial score (nSPS) is 12.8. The molecule has 1 rings (SSSR count). The molecule has 1 atom stereocenters. The minimum atomic E-state index is 0.731. The number of nitrogens with one attached hydrogen (secondary N) is 1. The largest absolute Gasteiger partial charge is 0.372 e. The van der Waals surface area contributed by atoms with Crippen LogP contribution in [-0.4, -0.2) is 35.5 Å². The first-order valence-corrected chi connectivity index (χ1v) is 5.83. The third-order valence-corrected chi connectivity index (χ3v) is 2.71. The van der Waals surface area contributed by atoms with Gasteiger partial charge in [-0.15, -0.1) is 0 Å². The lowest BCUT2D eigenvalue weighted by molar-refractivity contribution is 0.272. The molecule has 16 heavy (non-hydrogen) atoms. The monoisotopic (exact) mass is 222 g/mol. The van der Waals surface area contributed by atoms with Crippen LogP contribution < -0.4 is 5.32 Å². The van der Waals surface area contributed by atoms with E-state index < -0.39 is 0 Å². The summed E-state index contributed by atoms with van der Waals surface area (Å²) in [7, 11) is 3.97. The van der Waals surface area contributed by atoms with Crippen LogP contribution in [0.2, 0.25) is 0 Å². The number of hydrogen-bond donors (Lipinski definition) is 1. The van der Waals surface area contributed by atoms with Gasteiger partial charge in [0.2, 0.25) is 0 Å². The van der Waals surface area contributed by atoms with Gasteiger partial charge >= 0.3 is 0 Å². The number of rotatable bonds is 6. The van der Waals surface area contributed by atoms with Crippen molar-refractivity contribution >= 4 is 5.82 Å². The Labute approximate surface area is 98.1 Å². The Kier molecular flexibility index (Phi) is 5.19. The molecular weight excluding hydrogens is 200 g/mol. The highest BCUT2D eigenvalue weighted by atomic mass is 15.1. The average Bonchev–Trinajstić information content (AvgIpc) is 2.29. The first-order valence-electron chi connectivity index (χ1n) is 5.83. The van der Waals surface area contributed by atoms with Crippen LogP contribution in [0.25, 0.3) is 0 Å². The molecule has 0 saturated carbocycles. The molecule has 4 nitrogen and oxygen atoms in total. The van der Waals surface area contributed by atoms with Crippen molar-refractivity contribution in [1.82, 2.24) is 14.9 Å². The molecule has 1 N–H and O–H groups in total. The van der Waals surface area contributed by atoms with Crippen LogP contribution in [0, 0.1) is 5.92 Å². The SMILES string of the molecule is CCC(C)CN(C)Cc1cnc(NC)cn1. The van der Waals surface area contributed by atoms with E-state index in [0.29, 0.717) is 0 Å². The summed E-state index contributed by atoms with van der Waals surface area (Å²) in [5, 5.41) is 2.96. The quantitative estimate of drug-likeness (QED) is 0.799. The van der Waals surface area contributed by atoms with E-state index in [4.69, 9.17) is 0 Å². The zero-order valence-electron chi connectivity index (χ0n) is 10.7. The standard InChI is InChI=1S/C12H22N4/c1-5-10(2)8-16(4)9-11-6-15-12(13-3)7-14-11/h6-7,10H,5,8-9H2,1-4H3,(H,13,15). The highest BCUT2D eigenvalue weighted by molar-refractivity contribution is 5.29. The lowest BCUT2D eigenvalue weighted by Crippen LogP contribution is -2.24. The van der Waals surface area contributed by atoms with Crippen molar-refractivity contribution < 1.29 is 0 Å². The van der Waals surface area contributed by atoms with Crippen LogP contribution in [0.3, 0.4) is 0 Å².